The maximum Gasteiger partial charge on any atom is 0.272 e. The van der Waals surface area contributed by atoms with Gasteiger partial charge in [-0.15, -0.1) is 0 Å². The summed E-state index contributed by atoms with van der Waals surface area (Å²) in [5.41, 5.74) is 1.74. The van der Waals surface area contributed by atoms with Gasteiger partial charge in [0.1, 0.15) is 11.3 Å². The minimum atomic E-state index is -0.456. The normalized spacial score (nSPS) is 17.5. The molecule has 0 bridgehead atoms. The lowest BCUT2D eigenvalue weighted by atomic mass is 9.99. The Balaban J connectivity index is 1.87. The second kappa shape index (κ2) is 4.90. The van der Waals surface area contributed by atoms with Crippen molar-refractivity contribution in [1.29, 1.82) is 0 Å². The number of fused-ring (bicyclic) bond motifs is 1. The Kier molecular flexibility index (Phi) is 3.22. The number of nitrogens with one attached hydrogen (secondary N) is 1. The van der Waals surface area contributed by atoms with E-state index in [2.05, 4.69) is 10.3 Å². The van der Waals surface area contributed by atoms with Crippen LogP contribution in [0.5, 0.6) is 0 Å². The number of imidazole rings is 1. The zero-order chi connectivity index (χ0) is 14.2. The number of amides is 1. The molecule has 0 saturated heterocycles. The van der Waals surface area contributed by atoms with Crippen LogP contribution in [0.3, 0.4) is 0 Å². The minimum absolute atomic E-state index is 0.00879. The quantitative estimate of drug-likeness (QED) is 0.894. The molecule has 3 rings (SSSR count). The lowest BCUT2D eigenvalue weighted by molar-refractivity contribution is 0.0834. The summed E-state index contributed by atoms with van der Waals surface area (Å²) in [7, 11) is 0. The molecule has 1 aliphatic rings. The van der Waals surface area contributed by atoms with Crippen molar-refractivity contribution in [3.05, 3.63) is 35.8 Å². The third-order valence-electron chi connectivity index (χ3n) is 4.17. The summed E-state index contributed by atoms with van der Waals surface area (Å²) >= 11 is 0. The summed E-state index contributed by atoms with van der Waals surface area (Å²) in [5, 5.41) is 12.5. The van der Waals surface area contributed by atoms with Crippen LogP contribution in [0.2, 0.25) is 0 Å². The van der Waals surface area contributed by atoms with Gasteiger partial charge in [-0.25, -0.2) is 4.98 Å². The molecular weight excluding hydrogens is 254 g/mol. The molecule has 0 radical (unpaired) electrons. The highest BCUT2D eigenvalue weighted by molar-refractivity contribution is 5.93. The van der Waals surface area contributed by atoms with Crippen molar-refractivity contribution in [1.82, 2.24) is 14.7 Å². The average Bonchev–Trinajstić information content (AvgIpc) is 3.06. The van der Waals surface area contributed by atoms with Gasteiger partial charge in [-0.2, -0.15) is 0 Å². The first-order chi connectivity index (χ1) is 9.63. The number of pyridine rings is 1. The Morgan fingerprint density at radius 2 is 2.20 bits per heavy atom. The molecule has 20 heavy (non-hydrogen) atoms. The number of aromatic nitrogens is 2. The van der Waals surface area contributed by atoms with Crippen LogP contribution < -0.4 is 5.32 Å². The van der Waals surface area contributed by atoms with Crippen molar-refractivity contribution >= 4 is 11.6 Å². The molecule has 0 aromatic carbocycles. The van der Waals surface area contributed by atoms with Gasteiger partial charge in [0.05, 0.1) is 12.1 Å². The first kappa shape index (κ1) is 13.1. The molecule has 106 valence electrons. The lowest BCUT2D eigenvalue weighted by Crippen LogP contribution is -2.49. The average molecular weight is 273 g/mol. The van der Waals surface area contributed by atoms with E-state index in [1.54, 1.807) is 6.20 Å². The molecule has 2 aromatic rings. The van der Waals surface area contributed by atoms with Crippen molar-refractivity contribution in [3.8, 4) is 0 Å². The lowest BCUT2D eigenvalue weighted by Gasteiger charge is -2.27. The van der Waals surface area contributed by atoms with Crippen molar-refractivity contribution in [3.63, 3.8) is 0 Å². The van der Waals surface area contributed by atoms with Gasteiger partial charge in [-0.1, -0.05) is 18.9 Å². The van der Waals surface area contributed by atoms with E-state index in [-0.39, 0.29) is 12.5 Å². The predicted molar refractivity (Wildman–Crippen MR) is 75.7 cm³/mol. The first-order valence-electron chi connectivity index (χ1n) is 7.02. The maximum atomic E-state index is 12.3. The van der Waals surface area contributed by atoms with E-state index in [4.69, 9.17) is 0 Å². The van der Waals surface area contributed by atoms with Crippen LogP contribution in [-0.4, -0.2) is 32.5 Å². The second-order valence-corrected chi connectivity index (χ2v) is 5.62. The number of rotatable bonds is 3. The van der Waals surface area contributed by atoms with E-state index in [0.29, 0.717) is 5.69 Å². The molecule has 2 N–H and O–H groups in total. The number of aryl methyl sites for hydroxylation is 1. The third-order valence-corrected chi connectivity index (χ3v) is 4.17. The highest BCUT2D eigenvalue weighted by atomic mass is 16.3. The minimum Gasteiger partial charge on any atom is -0.394 e. The van der Waals surface area contributed by atoms with Gasteiger partial charge in [0.15, 0.2) is 0 Å². The van der Waals surface area contributed by atoms with Crippen LogP contribution in [0.4, 0.5) is 0 Å². The number of carbonyl (C=O) groups is 1. The van der Waals surface area contributed by atoms with E-state index in [9.17, 15) is 9.90 Å². The summed E-state index contributed by atoms with van der Waals surface area (Å²) in [6, 6.07) is 5.77. The number of carbonyl (C=O) groups excluding carboxylic acids is 1. The van der Waals surface area contributed by atoms with E-state index >= 15 is 0 Å². The van der Waals surface area contributed by atoms with Crippen molar-refractivity contribution < 1.29 is 9.90 Å². The molecule has 5 nitrogen and oxygen atoms in total. The van der Waals surface area contributed by atoms with Gasteiger partial charge < -0.3 is 14.8 Å². The highest BCUT2D eigenvalue weighted by Gasteiger charge is 2.35. The second-order valence-electron chi connectivity index (χ2n) is 5.62. The summed E-state index contributed by atoms with van der Waals surface area (Å²) in [6.07, 6.45) is 5.51. The molecule has 2 aromatic heterocycles. The van der Waals surface area contributed by atoms with Crippen molar-refractivity contribution in [2.75, 3.05) is 6.61 Å². The fraction of sp³-hybridized carbons (Fsp3) is 0.467. The SMILES string of the molecule is Cc1cccc2nc(C(=O)NC3(CO)CCCC3)cn12. The highest BCUT2D eigenvalue weighted by Crippen LogP contribution is 2.29. The van der Waals surface area contributed by atoms with Crippen molar-refractivity contribution in [2.45, 2.75) is 38.1 Å². The monoisotopic (exact) mass is 273 g/mol. The Morgan fingerprint density at radius 3 is 2.85 bits per heavy atom. The number of hydrogen-bond acceptors (Lipinski definition) is 3. The zero-order valence-corrected chi connectivity index (χ0v) is 11.6. The molecule has 2 heterocycles. The molecular formula is C15H19N3O2. The number of nitrogens with zero attached hydrogens (tertiary/aromatic N) is 2. The largest absolute Gasteiger partial charge is 0.394 e. The molecule has 1 amide bonds. The Bertz CT molecular complexity index is 642. The van der Waals surface area contributed by atoms with Crippen LogP contribution in [0, 0.1) is 6.92 Å². The zero-order valence-electron chi connectivity index (χ0n) is 11.6. The Hall–Kier alpha value is -1.88. The summed E-state index contributed by atoms with van der Waals surface area (Å²) in [6.45, 7) is 1.97. The van der Waals surface area contributed by atoms with Crippen LogP contribution in [-0.2, 0) is 0 Å². The topological polar surface area (TPSA) is 66.6 Å². The summed E-state index contributed by atoms with van der Waals surface area (Å²) < 4.78 is 1.90. The van der Waals surface area contributed by atoms with Gasteiger partial charge in [-0.05, 0) is 31.9 Å². The fourth-order valence-corrected chi connectivity index (χ4v) is 2.94. The Labute approximate surface area is 117 Å². The standard InChI is InChI=1S/C15H19N3O2/c1-11-5-4-6-13-16-12(9-18(11)13)14(20)17-15(10-19)7-2-3-8-15/h4-6,9,19H,2-3,7-8,10H2,1H3,(H,17,20). The number of hydrogen-bond donors (Lipinski definition) is 2. The van der Waals surface area contributed by atoms with Crippen LogP contribution in [0.15, 0.2) is 24.4 Å². The van der Waals surface area contributed by atoms with Gasteiger partial charge >= 0.3 is 0 Å². The third kappa shape index (κ3) is 2.18. The molecule has 0 atom stereocenters. The number of aliphatic hydroxyl groups is 1. The van der Waals surface area contributed by atoms with Crippen LogP contribution in [0.25, 0.3) is 5.65 Å². The smallest absolute Gasteiger partial charge is 0.272 e. The fourth-order valence-electron chi connectivity index (χ4n) is 2.94. The first-order valence-corrected chi connectivity index (χ1v) is 7.02. The summed E-state index contributed by atoms with van der Waals surface area (Å²) in [5.74, 6) is -0.205. The predicted octanol–water partition coefficient (Wildman–Crippen LogP) is 1.68. The molecule has 0 spiro atoms. The van der Waals surface area contributed by atoms with Crippen molar-refractivity contribution in [2.24, 2.45) is 0 Å². The Morgan fingerprint density at radius 1 is 1.45 bits per heavy atom. The van der Waals surface area contributed by atoms with E-state index in [0.717, 1.165) is 37.0 Å². The maximum absolute atomic E-state index is 12.3. The van der Waals surface area contributed by atoms with Crippen LogP contribution in [0.1, 0.15) is 41.9 Å². The molecule has 0 unspecified atom stereocenters. The molecule has 1 saturated carbocycles. The van der Waals surface area contributed by atoms with Crippen LogP contribution >= 0.6 is 0 Å². The van der Waals surface area contributed by atoms with Gasteiger partial charge in [-0.3, -0.25) is 4.79 Å². The van der Waals surface area contributed by atoms with E-state index in [1.165, 1.54) is 0 Å². The molecule has 1 fully saturated rings. The van der Waals surface area contributed by atoms with Gasteiger partial charge in [0, 0.05) is 11.9 Å². The number of aliphatic hydroxyl groups excluding tert-OH is 1. The summed E-state index contributed by atoms with van der Waals surface area (Å²) in [4.78, 5) is 16.7. The van der Waals surface area contributed by atoms with E-state index < -0.39 is 5.54 Å². The molecule has 1 aliphatic carbocycles. The van der Waals surface area contributed by atoms with Gasteiger partial charge in [0.2, 0.25) is 0 Å². The molecule has 0 aliphatic heterocycles. The molecule has 5 heteroatoms. The van der Waals surface area contributed by atoms with E-state index in [1.807, 2.05) is 29.5 Å². The van der Waals surface area contributed by atoms with Gasteiger partial charge in [0.25, 0.3) is 5.91 Å².